The number of thiazole rings is 1. The summed E-state index contributed by atoms with van der Waals surface area (Å²) in [5, 5.41) is 10.2. The van der Waals surface area contributed by atoms with Crippen molar-refractivity contribution >= 4 is 45.0 Å². The van der Waals surface area contributed by atoms with E-state index in [-0.39, 0.29) is 11.8 Å². The van der Waals surface area contributed by atoms with E-state index in [1.54, 1.807) is 30.3 Å². The van der Waals surface area contributed by atoms with E-state index in [1.807, 2.05) is 23.1 Å². The Hall–Kier alpha value is -4.69. The van der Waals surface area contributed by atoms with Gasteiger partial charge in [-0.1, -0.05) is 6.42 Å². The molecule has 3 aliphatic heterocycles. The first kappa shape index (κ1) is 30.6. The van der Waals surface area contributed by atoms with Crippen LogP contribution in [0.2, 0.25) is 0 Å². The first-order valence-corrected chi connectivity index (χ1v) is 17.5. The molecule has 1 N–H and O–H groups in total. The number of hydrogen-bond donors (Lipinski definition) is 1. The van der Waals surface area contributed by atoms with E-state index in [0.29, 0.717) is 60.0 Å². The van der Waals surface area contributed by atoms with E-state index in [1.165, 1.54) is 41.3 Å². The number of hydrogen-bond acceptors (Lipinski definition) is 9. The van der Waals surface area contributed by atoms with Crippen LogP contribution in [-0.4, -0.2) is 96.7 Å². The van der Waals surface area contributed by atoms with Gasteiger partial charge < -0.3 is 14.4 Å². The van der Waals surface area contributed by atoms with Gasteiger partial charge in [0.15, 0.2) is 11.2 Å². The van der Waals surface area contributed by atoms with Crippen molar-refractivity contribution in [3.8, 4) is 11.1 Å². The Morgan fingerprint density at radius 1 is 0.938 bits per heavy atom. The van der Waals surface area contributed by atoms with Crippen LogP contribution >= 0.6 is 11.3 Å². The number of rotatable bonds is 8. The van der Waals surface area contributed by atoms with Crippen LogP contribution < -0.4 is 10.2 Å². The molecular formula is C34H37FN10O2S. The van der Waals surface area contributed by atoms with Gasteiger partial charge in [-0.2, -0.15) is 5.10 Å². The third-order valence-electron chi connectivity index (χ3n) is 9.66. The van der Waals surface area contributed by atoms with Gasteiger partial charge in [-0.3, -0.25) is 24.5 Å². The zero-order chi connectivity index (χ0) is 32.6. The minimum Gasteiger partial charge on any atom is -0.353 e. The molecule has 48 heavy (non-hydrogen) atoms. The molecular weight excluding hydrogens is 632 g/mol. The summed E-state index contributed by atoms with van der Waals surface area (Å²) in [5.74, 6) is 0.269. The fourth-order valence-electron chi connectivity index (χ4n) is 7.10. The molecule has 5 aromatic rings. The number of anilines is 2. The molecule has 1 atom stereocenters. The molecule has 2 amide bonds. The van der Waals surface area contributed by atoms with Crippen LogP contribution in [0, 0.1) is 5.82 Å². The Kier molecular flexibility index (Phi) is 8.34. The molecule has 14 heteroatoms. The zero-order valence-corrected chi connectivity index (χ0v) is 27.4. The first-order valence-electron chi connectivity index (χ1n) is 16.6. The number of piperidine rings is 1. The highest BCUT2D eigenvalue weighted by Crippen LogP contribution is 2.32. The van der Waals surface area contributed by atoms with Crippen LogP contribution in [-0.2, 0) is 22.6 Å². The van der Waals surface area contributed by atoms with E-state index >= 15 is 4.39 Å². The fourth-order valence-corrected chi connectivity index (χ4v) is 7.63. The highest BCUT2D eigenvalue weighted by atomic mass is 32.1. The lowest BCUT2D eigenvalue weighted by Gasteiger charge is -2.37. The van der Waals surface area contributed by atoms with E-state index in [2.05, 4.69) is 29.7 Å². The third kappa shape index (κ3) is 6.05. The largest absolute Gasteiger partial charge is 0.353 e. The summed E-state index contributed by atoms with van der Waals surface area (Å²) in [7, 11) is 0. The number of likely N-dealkylation sites (tertiary alicyclic amines) is 1. The number of halogens is 1. The van der Waals surface area contributed by atoms with Gasteiger partial charge in [0.05, 0.1) is 29.5 Å². The maximum Gasteiger partial charge on any atom is 0.257 e. The second kappa shape index (κ2) is 13.1. The van der Waals surface area contributed by atoms with Crippen molar-refractivity contribution in [1.29, 1.82) is 0 Å². The monoisotopic (exact) mass is 668 g/mol. The van der Waals surface area contributed by atoms with Crippen molar-refractivity contribution in [3.63, 3.8) is 0 Å². The number of aryl methyl sites for hydroxylation is 1. The highest BCUT2D eigenvalue weighted by Gasteiger charge is 2.32. The number of pyridine rings is 1. The molecule has 7 heterocycles. The van der Waals surface area contributed by atoms with Gasteiger partial charge in [0.1, 0.15) is 11.6 Å². The molecule has 1 aromatic carbocycles. The van der Waals surface area contributed by atoms with Crippen LogP contribution in [0.5, 0.6) is 0 Å². The Morgan fingerprint density at radius 3 is 2.56 bits per heavy atom. The fraction of sp³-hybridized carbons (Fsp3) is 0.412. The lowest BCUT2D eigenvalue weighted by atomic mass is 10.1. The predicted molar refractivity (Wildman–Crippen MR) is 181 cm³/mol. The second-order valence-electron chi connectivity index (χ2n) is 12.7. The number of fused-ring (bicyclic) bond motifs is 2. The van der Waals surface area contributed by atoms with Crippen molar-refractivity contribution in [2.45, 2.75) is 44.7 Å². The maximum absolute atomic E-state index is 15.7. The molecule has 8 rings (SSSR count). The number of imidazole rings is 1. The van der Waals surface area contributed by atoms with Gasteiger partial charge in [-0.15, -0.1) is 11.3 Å². The molecule has 12 nitrogen and oxygen atoms in total. The van der Waals surface area contributed by atoms with Crippen LogP contribution in [0.3, 0.4) is 0 Å². The summed E-state index contributed by atoms with van der Waals surface area (Å²) in [5.41, 5.74) is 3.44. The minimum atomic E-state index is -0.889. The smallest absolute Gasteiger partial charge is 0.257 e. The van der Waals surface area contributed by atoms with Gasteiger partial charge in [-0.05, 0) is 68.6 Å². The SMILES string of the molecule is O=C(Nc1nccs1)C(c1ncn2c1CCC2)n1cc2c(F)cc(-c3ccc(N4CCN(C(=O)CN5CCCCC5)CC4)nc3)cc2n1. The Labute approximate surface area is 281 Å². The summed E-state index contributed by atoms with van der Waals surface area (Å²) in [6, 6.07) is 6.30. The topological polar surface area (TPSA) is 117 Å². The van der Waals surface area contributed by atoms with Crippen LogP contribution in [0.4, 0.5) is 15.3 Å². The number of nitrogens with zero attached hydrogens (tertiary/aromatic N) is 9. The summed E-state index contributed by atoms with van der Waals surface area (Å²) in [4.78, 5) is 46.5. The van der Waals surface area contributed by atoms with Crippen LogP contribution in [0.15, 0.2) is 54.6 Å². The van der Waals surface area contributed by atoms with Crippen LogP contribution in [0.25, 0.3) is 22.0 Å². The molecule has 0 saturated carbocycles. The molecule has 1 unspecified atom stereocenters. The lowest BCUT2D eigenvalue weighted by molar-refractivity contribution is -0.133. The van der Waals surface area contributed by atoms with E-state index in [0.717, 1.165) is 49.6 Å². The van der Waals surface area contributed by atoms with Crippen molar-refractivity contribution in [2.24, 2.45) is 0 Å². The van der Waals surface area contributed by atoms with Gasteiger partial charge in [0.2, 0.25) is 5.91 Å². The maximum atomic E-state index is 15.7. The van der Waals surface area contributed by atoms with Crippen molar-refractivity contribution in [3.05, 3.63) is 71.8 Å². The molecule has 0 aliphatic carbocycles. The predicted octanol–water partition coefficient (Wildman–Crippen LogP) is 4.20. The van der Waals surface area contributed by atoms with E-state index < -0.39 is 11.9 Å². The quantitative estimate of drug-likeness (QED) is 0.262. The Balaban J connectivity index is 0.995. The average Bonchev–Trinajstić information content (AvgIpc) is 3.93. The molecule has 2 fully saturated rings. The molecule has 0 radical (unpaired) electrons. The lowest BCUT2D eigenvalue weighted by Crippen LogP contribution is -2.51. The average molecular weight is 669 g/mol. The van der Waals surface area contributed by atoms with E-state index in [4.69, 9.17) is 10.1 Å². The Bertz CT molecular complexity index is 1920. The highest BCUT2D eigenvalue weighted by molar-refractivity contribution is 7.13. The van der Waals surface area contributed by atoms with Crippen molar-refractivity contribution in [1.82, 2.24) is 39.1 Å². The molecule has 2 saturated heterocycles. The molecule has 4 aromatic heterocycles. The minimum absolute atomic E-state index is 0.208. The van der Waals surface area contributed by atoms with Gasteiger partial charge in [0, 0.05) is 68.0 Å². The third-order valence-corrected chi connectivity index (χ3v) is 10.4. The standard InChI is InChI=1S/C34H37FN10O2S/c35-26-17-24(23-6-7-29(37-19-23)42-12-14-43(15-13-42)30(46)21-41-9-2-1-3-10-41)18-27-25(26)20-45(40-27)32(33(47)39-34-36-8-16-48-34)31-28-5-4-11-44(28)22-38-31/h6-8,16-20,22,32H,1-5,9-15,21H2,(H,36,39,47). The first-order chi connectivity index (χ1) is 23.5. The number of amides is 2. The van der Waals surface area contributed by atoms with Gasteiger partial charge >= 0.3 is 0 Å². The summed E-state index contributed by atoms with van der Waals surface area (Å²) in [6.45, 7) is 6.16. The summed E-state index contributed by atoms with van der Waals surface area (Å²) >= 11 is 1.33. The number of carbonyl (C=O) groups is 2. The number of carbonyl (C=O) groups excluding carboxylic acids is 2. The zero-order valence-electron chi connectivity index (χ0n) is 26.6. The van der Waals surface area contributed by atoms with Crippen molar-refractivity contribution < 1.29 is 14.0 Å². The van der Waals surface area contributed by atoms with Crippen LogP contribution in [0.1, 0.15) is 43.1 Å². The summed E-state index contributed by atoms with van der Waals surface area (Å²) in [6.07, 6.45) is 12.1. The van der Waals surface area contributed by atoms with Crippen molar-refractivity contribution in [2.75, 3.05) is 56.0 Å². The van der Waals surface area contributed by atoms with E-state index in [9.17, 15) is 9.59 Å². The number of piperazine rings is 1. The molecule has 0 spiro atoms. The number of nitrogens with one attached hydrogen (secondary N) is 1. The number of aromatic nitrogens is 6. The number of benzene rings is 1. The normalized spacial score (nSPS) is 17.5. The summed E-state index contributed by atoms with van der Waals surface area (Å²) < 4.78 is 19.2. The van der Waals surface area contributed by atoms with Gasteiger partial charge in [0.25, 0.3) is 5.91 Å². The van der Waals surface area contributed by atoms with Gasteiger partial charge in [-0.25, -0.2) is 19.3 Å². The molecule has 248 valence electrons. The second-order valence-corrected chi connectivity index (χ2v) is 13.6. The molecule has 0 bridgehead atoms. The Morgan fingerprint density at radius 2 is 1.79 bits per heavy atom. The molecule has 3 aliphatic rings.